The highest BCUT2D eigenvalue weighted by Gasteiger charge is 2.10. The van der Waals surface area contributed by atoms with E-state index in [1.807, 2.05) is 0 Å². The quantitative estimate of drug-likeness (QED) is 0.445. The smallest absolute Gasteiger partial charge is 0.0175 e. The zero-order valence-corrected chi connectivity index (χ0v) is 13.5. The van der Waals surface area contributed by atoms with Gasteiger partial charge in [0.1, 0.15) is 0 Å². The maximum atomic E-state index is 3.52. The maximum absolute atomic E-state index is 3.52. The van der Waals surface area contributed by atoms with Crippen molar-refractivity contribution >= 4 is 15.9 Å². The van der Waals surface area contributed by atoms with Crippen LogP contribution in [0.1, 0.15) is 76.7 Å². The van der Waals surface area contributed by atoms with E-state index in [1.165, 1.54) is 61.4 Å². The van der Waals surface area contributed by atoms with Gasteiger partial charge >= 0.3 is 0 Å². The Kier molecular flexibility index (Phi) is 8.41. The maximum Gasteiger partial charge on any atom is 0.0175 e. The van der Waals surface area contributed by atoms with Crippen LogP contribution in [0.5, 0.6) is 0 Å². The number of hydrogen-bond donors (Lipinski definition) is 0. The van der Waals surface area contributed by atoms with Gasteiger partial charge in [0.25, 0.3) is 0 Å². The molecule has 1 aromatic rings. The first kappa shape index (κ1) is 15.8. The second kappa shape index (κ2) is 9.61. The van der Waals surface area contributed by atoms with Gasteiger partial charge in [-0.3, -0.25) is 0 Å². The summed E-state index contributed by atoms with van der Waals surface area (Å²) in [6, 6.07) is 8.96. The normalized spacial score (nSPS) is 11.1. The van der Waals surface area contributed by atoms with Crippen LogP contribution < -0.4 is 0 Å². The molecule has 0 amide bonds. The average Bonchev–Trinajstić information content (AvgIpc) is 2.38. The van der Waals surface area contributed by atoms with E-state index in [-0.39, 0.29) is 0 Å². The van der Waals surface area contributed by atoms with Crippen molar-refractivity contribution in [3.63, 3.8) is 0 Å². The average molecular weight is 311 g/mol. The van der Waals surface area contributed by atoms with Crippen molar-refractivity contribution in [1.82, 2.24) is 0 Å². The monoisotopic (exact) mass is 310 g/mol. The van der Waals surface area contributed by atoms with Gasteiger partial charge in [0.05, 0.1) is 0 Å². The van der Waals surface area contributed by atoms with Gasteiger partial charge in [-0.1, -0.05) is 80.4 Å². The van der Waals surface area contributed by atoms with Crippen molar-refractivity contribution in [3.8, 4) is 0 Å². The van der Waals surface area contributed by atoms with Crippen LogP contribution in [0.3, 0.4) is 0 Å². The highest BCUT2D eigenvalue weighted by Crippen LogP contribution is 2.29. The molecular formula is C17H27Br. The predicted molar refractivity (Wildman–Crippen MR) is 85.2 cm³/mol. The van der Waals surface area contributed by atoms with Crippen LogP contribution in [0.4, 0.5) is 0 Å². The van der Waals surface area contributed by atoms with Gasteiger partial charge in [0.2, 0.25) is 0 Å². The van der Waals surface area contributed by atoms with E-state index in [2.05, 4.69) is 54.0 Å². The lowest BCUT2D eigenvalue weighted by Crippen LogP contribution is -1.99. The third-order valence-electron chi connectivity index (χ3n) is 3.65. The summed E-state index contributed by atoms with van der Waals surface area (Å²) in [5.74, 6) is 0.774. The summed E-state index contributed by atoms with van der Waals surface area (Å²) < 4.78 is 1.19. The summed E-state index contributed by atoms with van der Waals surface area (Å²) in [6.45, 7) is 4.57. The third-order valence-corrected chi connectivity index (χ3v) is 4.18. The Balaban J connectivity index is 2.54. The molecule has 0 saturated carbocycles. The Morgan fingerprint density at radius 3 is 1.78 bits per heavy atom. The first-order chi connectivity index (χ1) is 8.77. The Labute approximate surface area is 121 Å². The Morgan fingerprint density at radius 1 is 0.833 bits per heavy atom. The van der Waals surface area contributed by atoms with Gasteiger partial charge in [-0.05, 0) is 36.5 Å². The SMILES string of the molecule is CCCCCC(CCCCC)c1ccc(Br)cc1. The third kappa shape index (κ3) is 6.04. The molecule has 102 valence electrons. The molecule has 0 spiro atoms. The molecule has 18 heavy (non-hydrogen) atoms. The van der Waals surface area contributed by atoms with Crippen molar-refractivity contribution in [2.24, 2.45) is 0 Å². The zero-order chi connectivity index (χ0) is 13.2. The molecule has 0 heterocycles. The Morgan fingerprint density at radius 2 is 1.33 bits per heavy atom. The van der Waals surface area contributed by atoms with Crippen LogP contribution in [-0.4, -0.2) is 0 Å². The molecule has 1 heteroatoms. The molecular weight excluding hydrogens is 284 g/mol. The fourth-order valence-corrected chi connectivity index (χ4v) is 2.76. The Hall–Kier alpha value is -0.300. The fraction of sp³-hybridized carbons (Fsp3) is 0.647. The highest BCUT2D eigenvalue weighted by atomic mass is 79.9. The molecule has 1 aromatic carbocycles. The van der Waals surface area contributed by atoms with E-state index in [9.17, 15) is 0 Å². The van der Waals surface area contributed by atoms with E-state index < -0.39 is 0 Å². The summed E-state index contributed by atoms with van der Waals surface area (Å²) >= 11 is 3.52. The van der Waals surface area contributed by atoms with E-state index in [4.69, 9.17) is 0 Å². The topological polar surface area (TPSA) is 0 Å². The molecule has 0 N–H and O–H groups in total. The summed E-state index contributed by atoms with van der Waals surface area (Å²) in [4.78, 5) is 0. The number of benzene rings is 1. The van der Waals surface area contributed by atoms with Crippen LogP contribution in [0, 0.1) is 0 Å². The van der Waals surface area contributed by atoms with Gasteiger partial charge in [-0.25, -0.2) is 0 Å². The fourth-order valence-electron chi connectivity index (χ4n) is 2.49. The van der Waals surface area contributed by atoms with E-state index in [0.717, 1.165) is 5.92 Å². The van der Waals surface area contributed by atoms with E-state index in [0.29, 0.717) is 0 Å². The van der Waals surface area contributed by atoms with Gasteiger partial charge in [0.15, 0.2) is 0 Å². The predicted octanol–water partition coefficient (Wildman–Crippen LogP) is 6.69. The van der Waals surface area contributed by atoms with Crippen molar-refractivity contribution in [1.29, 1.82) is 0 Å². The van der Waals surface area contributed by atoms with Crippen molar-refractivity contribution in [3.05, 3.63) is 34.3 Å². The summed E-state index contributed by atoms with van der Waals surface area (Å²) in [5.41, 5.74) is 1.53. The Bertz CT molecular complexity index is 292. The van der Waals surface area contributed by atoms with Gasteiger partial charge < -0.3 is 0 Å². The van der Waals surface area contributed by atoms with Crippen molar-refractivity contribution < 1.29 is 0 Å². The van der Waals surface area contributed by atoms with Crippen LogP contribution in [0.2, 0.25) is 0 Å². The molecule has 0 aliphatic carbocycles. The molecule has 0 fully saturated rings. The van der Waals surface area contributed by atoms with Crippen molar-refractivity contribution in [2.75, 3.05) is 0 Å². The van der Waals surface area contributed by atoms with Crippen LogP contribution >= 0.6 is 15.9 Å². The van der Waals surface area contributed by atoms with Crippen molar-refractivity contribution in [2.45, 2.75) is 71.1 Å². The summed E-state index contributed by atoms with van der Waals surface area (Å²) in [5, 5.41) is 0. The van der Waals surface area contributed by atoms with Gasteiger partial charge in [-0.2, -0.15) is 0 Å². The van der Waals surface area contributed by atoms with Crippen LogP contribution in [0.15, 0.2) is 28.7 Å². The number of unbranched alkanes of at least 4 members (excludes halogenated alkanes) is 4. The van der Waals surface area contributed by atoms with E-state index >= 15 is 0 Å². The first-order valence-electron chi connectivity index (χ1n) is 7.53. The highest BCUT2D eigenvalue weighted by molar-refractivity contribution is 9.10. The van der Waals surface area contributed by atoms with Crippen LogP contribution in [-0.2, 0) is 0 Å². The van der Waals surface area contributed by atoms with Gasteiger partial charge in [-0.15, -0.1) is 0 Å². The van der Waals surface area contributed by atoms with E-state index in [1.54, 1.807) is 0 Å². The van der Waals surface area contributed by atoms with Gasteiger partial charge in [0, 0.05) is 4.47 Å². The lowest BCUT2D eigenvalue weighted by Gasteiger charge is -2.17. The summed E-state index contributed by atoms with van der Waals surface area (Å²) in [6.07, 6.45) is 10.9. The van der Waals surface area contributed by atoms with Crippen LogP contribution in [0.25, 0.3) is 0 Å². The summed E-state index contributed by atoms with van der Waals surface area (Å²) in [7, 11) is 0. The molecule has 0 unspecified atom stereocenters. The lowest BCUT2D eigenvalue weighted by molar-refractivity contribution is 0.506. The molecule has 0 bridgehead atoms. The number of rotatable bonds is 9. The zero-order valence-electron chi connectivity index (χ0n) is 11.9. The molecule has 0 aliphatic rings. The molecule has 0 saturated heterocycles. The number of hydrogen-bond acceptors (Lipinski definition) is 0. The minimum atomic E-state index is 0.774. The largest absolute Gasteiger partial charge is 0.0654 e. The standard InChI is InChI=1S/C17H27Br/c1-3-5-7-9-15(10-8-6-4-2)16-11-13-17(18)14-12-16/h11-15H,3-10H2,1-2H3. The minimum Gasteiger partial charge on any atom is -0.0654 e. The molecule has 0 radical (unpaired) electrons. The molecule has 0 aromatic heterocycles. The second-order valence-corrected chi connectivity index (χ2v) is 6.16. The molecule has 1 rings (SSSR count). The second-order valence-electron chi connectivity index (χ2n) is 5.24. The number of halogens is 1. The lowest BCUT2D eigenvalue weighted by atomic mass is 9.88. The molecule has 0 aliphatic heterocycles. The first-order valence-corrected chi connectivity index (χ1v) is 8.32. The molecule has 0 nitrogen and oxygen atoms in total. The molecule has 0 atom stereocenters. The minimum absolute atomic E-state index is 0.774.